The van der Waals surface area contributed by atoms with E-state index in [-0.39, 0.29) is 11.8 Å². The molecular formula is C20H17F3N4O2. The molecule has 3 aromatic rings. The number of piperidine rings is 1. The summed E-state index contributed by atoms with van der Waals surface area (Å²) in [5, 5.41) is 4.00. The molecule has 3 heterocycles. The molecule has 1 aliphatic rings. The number of likely N-dealkylation sites (tertiary alicyclic amines) is 1. The lowest BCUT2D eigenvalue weighted by Gasteiger charge is -2.34. The number of halogens is 3. The van der Waals surface area contributed by atoms with E-state index in [1.165, 1.54) is 12.1 Å². The first kappa shape index (κ1) is 19.1. The maximum absolute atomic E-state index is 12.8. The fourth-order valence-electron chi connectivity index (χ4n) is 3.60. The Balaban J connectivity index is 1.56. The number of hydrogen-bond acceptors (Lipinski definition) is 5. The molecule has 2 atom stereocenters. The van der Waals surface area contributed by atoms with Crippen LogP contribution in [0.2, 0.25) is 0 Å². The largest absolute Gasteiger partial charge is 0.416 e. The molecule has 0 spiro atoms. The standard InChI is InChI=1S/C20H17F3N4O2/c21-20(22,23)17-3-1-13(2-4-17)15-9-16(11-27(10-15)12-28)19-25-18(26-29-19)14-5-7-24-8-6-14/h1-8,12,15-16H,9-11H2. The molecular weight excluding hydrogens is 385 g/mol. The molecule has 6 nitrogen and oxygen atoms in total. The van der Waals surface area contributed by atoms with Gasteiger partial charge in [0.1, 0.15) is 0 Å². The summed E-state index contributed by atoms with van der Waals surface area (Å²) in [6.45, 7) is 0.843. The second-order valence-corrected chi connectivity index (χ2v) is 7.00. The highest BCUT2D eigenvalue weighted by Gasteiger charge is 2.34. The number of aromatic nitrogens is 3. The smallest absolute Gasteiger partial charge is 0.344 e. The van der Waals surface area contributed by atoms with Gasteiger partial charge in [0.05, 0.1) is 11.5 Å². The van der Waals surface area contributed by atoms with Gasteiger partial charge < -0.3 is 9.42 Å². The maximum Gasteiger partial charge on any atom is 0.416 e. The van der Waals surface area contributed by atoms with Crippen LogP contribution < -0.4 is 0 Å². The third-order valence-corrected chi connectivity index (χ3v) is 5.07. The van der Waals surface area contributed by atoms with E-state index in [1.807, 2.05) is 0 Å². The van der Waals surface area contributed by atoms with Crippen LogP contribution in [0.5, 0.6) is 0 Å². The number of nitrogens with zero attached hydrogens (tertiary/aromatic N) is 4. The van der Waals surface area contributed by atoms with Crippen molar-refractivity contribution in [1.29, 1.82) is 0 Å². The summed E-state index contributed by atoms with van der Waals surface area (Å²) in [5.41, 5.74) is 0.806. The van der Waals surface area contributed by atoms with Gasteiger partial charge in [0.2, 0.25) is 18.1 Å². The number of rotatable bonds is 4. The van der Waals surface area contributed by atoms with E-state index in [4.69, 9.17) is 4.52 Å². The number of pyridine rings is 1. The van der Waals surface area contributed by atoms with Crippen molar-refractivity contribution in [3.05, 3.63) is 65.8 Å². The minimum atomic E-state index is -4.38. The minimum Gasteiger partial charge on any atom is -0.344 e. The Hall–Kier alpha value is -3.23. The number of carbonyl (C=O) groups excluding carboxylic acids is 1. The molecule has 0 N–H and O–H groups in total. The Labute approximate surface area is 164 Å². The average Bonchev–Trinajstić information content (AvgIpc) is 3.24. The van der Waals surface area contributed by atoms with Crippen LogP contribution >= 0.6 is 0 Å². The zero-order chi connectivity index (χ0) is 20.4. The van der Waals surface area contributed by atoms with Crippen molar-refractivity contribution in [1.82, 2.24) is 20.0 Å². The fourth-order valence-corrected chi connectivity index (χ4v) is 3.60. The van der Waals surface area contributed by atoms with Gasteiger partial charge in [0.25, 0.3) is 0 Å². The molecule has 1 fully saturated rings. The predicted molar refractivity (Wildman–Crippen MR) is 96.7 cm³/mol. The lowest BCUT2D eigenvalue weighted by atomic mass is 9.84. The van der Waals surface area contributed by atoms with Crippen LogP contribution in [-0.2, 0) is 11.0 Å². The summed E-state index contributed by atoms with van der Waals surface area (Å²) in [6, 6.07) is 8.59. The van der Waals surface area contributed by atoms with Crippen molar-refractivity contribution < 1.29 is 22.5 Å². The molecule has 2 aromatic heterocycles. The topological polar surface area (TPSA) is 72.1 Å². The summed E-state index contributed by atoms with van der Waals surface area (Å²) in [5.74, 6) is 0.499. The van der Waals surface area contributed by atoms with Crippen molar-refractivity contribution in [3.63, 3.8) is 0 Å². The highest BCUT2D eigenvalue weighted by Crippen LogP contribution is 2.37. The molecule has 1 saturated heterocycles. The van der Waals surface area contributed by atoms with E-state index >= 15 is 0 Å². The maximum atomic E-state index is 12.8. The number of amides is 1. The van der Waals surface area contributed by atoms with Crippen LogP contribution in [0.4, 0.5) is 13.2 Å². The predicted octanol–water partition coefficient (Wildman–Crippen LogP) is 3.88. The highest BCUT2D eigenvalue weighted by atomic mass is 19.4. The van der Waals surface area contributed by atoms with Crippen LogP contribution in [0.25, 0.3) is 11.4 Å². The fraction of sp³-hybridized carbons (Fsp3) is 0.300. The summed E-state index contributed by atoms with van der Waals surface area (Å²) in [7, 11) is 0. The van der Waals surface area contributed by atoms with Gasteiger partial charge >= 0.3 is 6.18 Å². The second-order valence-electron chi connectivity index (χ2n) is 7.00. The monoisotopic (exact) mass is 402 g/mol. The van der Waals surface area contributed by atoms with Gasteiger partial charge in [-0.25, -0.2) is 0 Å². The Kier molecular flexibility index (Phi) is 5.04. The molecule has 0 bridgehead atoms. The van der Waals surface area contributed by atoms with Crippen LogP contribution in [0, 0.1) is 0 Å². The Morgan fingerprint density at radius 3 is 2.38 bits per heavy atom. The third-order valence-electron chi connectivity index (χ3n) is 5.07. The first-order valence-corrected chi connectivity index (χ1v) is 9.04. The number of benzene rings is 1. The van der Waals surface area contributed by atoms with E-state index in [1.54, 1.807) is 29.4 Å². The van der Waals surface area contributed by atoms with Crippen molar-refractivity contribution in [3.8, 4) is 11.4 Å². The van der Waals surface area contributed by atoms with Crippen molar-refractivity contribution >= 4 is 6.41 Å². The van der Waals surface area contributed by atoms with E-state index < -0.39 is 11.7 Å². The summed E-state index contributed by atoms with van der Waals surface area (Å²) in [4.78, 5) is 21.4. The molecule has 150 valence electrons. The molecule has 2 unspecified atom stereocenters. The van der Waals surface area contributed by atoms with Crippen LogP contribution in [0.1, 0.15) is 35.3 Å². The van der Waals surface area contributed by atoms with Crippen LogP contribution in [0.3, 0.4) is 0 Å². The number of carbonyl (C=O) groups is 1. The van der Waals surface area contributed by atoms with Gasteiger partial charge in [-0.15, -0.1) is 0 Å². The van der Waals surface area contributed by atoms with E-state index in [2.05, 4.69) is 15.1 Å². The van der Waals surface area contributed by atoms with Gasteiger partial charge in [-0.05, 0) is 36.2 Å². The van der Waals surface area contributed by atoms with Gasteiger partial charge in [-0.3, -0.25) is 9.78 Å². The average molecular weight is 402 g/mol. The normalized spacial score (nSPS) is 19.9. The Morgan fingerprint density at radius 1 is 1.03 bits per heavy atom. The first-order valence-electron chi connectivity index (χ1n) is 9.04. The number of alkyl halides is 3. The number of hydrogen-bond donors (Lipinski definition) is 0. The molecule has 1 aliphatic heterocycles. The minimum absolute atomic E-state index is 0.127. The second kappa shape index (κ2) is 7.65. The Bertz CT molecular complexity index is 973. The molecule has 0 aliphatic carbocycles. The third kappa shape index (κ3) is 4.13. The lowest BCUT2D eigenvalue weighted by Crippen LogP contribution is -2.37. The molecule has 1 amide bonds. The molecule has 4 rings (SSSR count). The van der Waals surface area contributed by atoms with Gasteiger partial charge in [0.15, 0.2) is 0 Å². The van der Waals surface area contributed by atoms with Crippen molar-refractivity contribution in [2.24, 2.45) is 0 Å². The van der Waals surface area contributed by atoms with Crippen LogP contribution in [-0.4, -0.2) is 39.5 Å². The zero-order valence-corrected chi connectivity index (χ0v) is 15.2. The van der Waals surface area contributed by atoms with Gasteiger partial charge in [-0.1, -0.05) is 17.3 Å². The van der Waals surface area contributed by atoms with E-state index in [0.717, 1.165) is 29.7 Å². The summed E-state index contributed by atoms with van der Waals surface area (Å²) in [6.07, 6.45) is 0.203. The summed E-state index contributed by atoms with van der Waals surface area (Å²) < 4.78 is 43.9. The highest BCUT2D eigenvalue weighted by molar-refractivity contribution is 5.53. The van der Waals surface area contributed by atoms with Gasteiger partial charge in [-0.2, -0.15) is 18.2 Å². The molecule has 1 aromatic carbocycles. The van der Waals surface area contributed by atoms with E-state index in [0.29, 0.717) is 31.2 Å². The van der Waals surface area contributed by atoms with Crippen molar-refractivity contribution in [2.75, 3.05) is 13.1 Å². The molecule has 0 radical (unpaired) electrons. The van der Waals surface area contributed by atoms with Gasteiger partial charge in [0, 0.05) is 37.0 Å². The lowest BCUT2D eigenvalue weighted by molar-refractivity contribution is -0.137. The van der Waals surface area contributed by atoms with Crippen LogP contribution in [0.15, 0.2) is 53.3 Å². The summed E-state index contributed by atoms with van der Waals surface area (Å²) >= 11 is 0. The van der Waals surface area contributed by atoms with Crippen molar-refractivity contribution in [2.45, 2.75) is 24.4 Å². The zero-order valence-electron chi connectivity index (χ0n) is 15.2. The molecule has 9 heteroatoms. The quantitative estimate of drug-likeness (QED) is 0.620. The Morgan fingerprint density at radius 2 is 1.72 bits per heavy atom. The molecule has 29 heavy (non-hydrogen) atoms. The SMILES string of the molecule is O=CN1CC(c2ccc(C(F)(F)F)cc2)CC(c2nc(-c3ccncc3)no2)C1. The molecule has 0 saturated carbocycles. The first-order chi connectivity index (χ1) is 13.9. The van der Waals surface area contributed by atoms with E-state index in [9.17, 15) is 18.0 Å².